The van der Waals surface area contributed by atoms with Crippen molar-refractivity contribution >= 4 is 11.8 Å². The molecule has 6 heteroatoms. The maximum Gasteiger partial charge on any atom is 0.317 e. The number of hydrogen-bond donors (Lipinski definition) is 0. The van der Waals surface area contributed by atoms with Crippen LogP contribution in [-0.4, -0.2) is 18.4 Å². The first kappa shape index (κ1) is 18.2. The van der Waals surface area contributed by atoms with E-state index in [1.54, 1.807) is 12.1 Å². The molecule has 136 valence electrons. The van der Waals surface area contributed by atoms with Crippen LogP contribution in [0.25, 0.3) is 0 Å². The lowest BCUT2D eigenvalue weighted by Crippen LogP contribution is -2.35. The molecule has 0 heterocycles. The highest BCUT2D eigenvalue weighted by Gasteiger charge is 2.44. The molecule has 0 amide bonds. The number of ketones is 1. The van der Waals surface area contributed by atoms with Crippen molar-refractivity contribution in [3.8, 4) is 0 Å². The van der Waals surface area contributed by atoms with Gasteiger partial charge in [0.05, 0.1) is 5.41 Å². The van der Waals surface area contributed by atoms with Crippen molar-refractivity contribution in [1.82, 2.24) is 0 Å². The molecule has 2 aromatic carbocycles. The zero-order chi connectivity index (χ0) is 18.7. The second kappa shape index (κ2) is 7.32. The summed E-state index contributed by atoms with van der Waals surface area (Å²) in [6.45, 7) is -0.563. The zero-order valence-electron chi connectivity index (χ0n) is 13.9. The first-order valence-electron chi connectivity index (χ1n) is 8.34. The first-order valence-corrected chi connectivity index (χ1v) is 8.34. The largest absolute Gasteiger partial charge is 0.457 e. The summed E-state index contributed by atoms with van der Waals surface area (Å²) < 4.78 is 44.6. The van der Waals surface area contributed by atoms with Crippen LogP contribution in [0.2, 0.25) is 0 Å². The quantitative estimate of drug-likeness (QED) is 0.587. The van der Waals surface area contributed by atoms with E-state index < -0.39 is 41.2 Å². The molecular formula is C20H17F3O3. The summed E-state index contributed by atoms with van der Waals surface area (Å²) in [5.74, 6) is -3.77. The number of Topliss-reactive ketones (excluding diaryl/α,β-unsaturated/α-hetero) is 1. The molecule has 0 radical (unpaired) electrons. The number of carbonyl (C=O) groups is 2. The molecule has 1 aliphatic rings. The van der Waals surface area contributed by atoms with Gasteiger partial charge < -0.3 is 4.74 Å². The Kier molecular flexibility index (Phi) is 5.11. The maximum atomic E-state index is 13.2. The Morgan fingerprint density at radius 2 is 1.58 bits per heavy atom. The van der Waals surface area contributed by atoms with Crippen LogP contribution < -0.4 is 0 Å². The third-order valence-corrected chi connectivity index (χ3v) is 4.82. The predicted molar refractivity (Wildman–Crippen MR) is 88.2 cm³/mol. The van der Waals surface area contributed by atoms with Gasteiger partial charge >= 0.3 is 5.97 Å². The topological polar surface area (TPSA) is 43.4 Å². The number of benzene rings is 2. The molecule has 0 unspecified atom stereocenters. The minimum absolute atomic E-state index is 0.0704. The highest BCUT2D eigenvalue weighted by Crippen LogP contribution is 2.42. The van der Waals surface area contributed by atoms with Gasteiger partial charge in [0.2, 0.25) is 0 Å². The van der Waals surface area contributed by atoms with Gasteiger partial charge in [-0.15, -0.1) is 0 Å². The summed E-state index contributed by atoms with van der Waals surface area (Å²) in [7, 11) is 0. The van der Waals surface area contributed by atoms with E-state index in [1.165, 1.54) is 12.1 Å². The molecule has 0 atom stereocenters. The second-order valence-electron chi connectivity index (χ2n) is 6.42. The van der Waals surface area contributed by atoms with Crippen LogP contribution in [0.1, 0.15) is 41.6 Å². The average Bonchev–Trinajstić information content (AvgIpc) is 3.13. The van der Waals surface area contributed by atoms with Crippen LogP contribution in [0.4, 0.5) is 13.2 Å². The molecule has 2 aromatic rings. The van der Waals surface area contributed by atoms with E-state index in [1.807, 2.05) is 0 Å². The standard InChI is InChI=1S/C20H17F3O3/c21-15-6-4-14(5-7-15)20(9-1-2-10-20)19(25)26-12-18(24)13-3-8-16(22)17(23)11-13/h3-8,11H,1-2,9-10,12H2. The zero-order valence-corrected chi connectivity index (χ0v) is 13.9. The Labute approximate surface area is 148 Å². The van der Waals surface area contributed by atoms with E-state index >= 15 is 0 Å². The molecule has 0 spiro atoms. The van der Waals surface area contributed by atoms with Gasteiger partial charge in [0, 0.05) is 5.56 Å². The molecule has 26 heavy (non-hydrogen) atoms. The van der Waals surface area contributed by atoms with Gasteiger partial charge in [0.25, 0.3) is 0 Å². The van der Waals surface area contributed by atoms with E-state index in [2.05, 4.69) is 0 Å². The van der Waals surface area contributed by atoms with Crippen molar-refractivity contribution in [1.29, 1.82) is 0 Å². The van der Waals surface area contributed by atoms with Gasteiger partial charge in [0.1, 0.15) is 5.82 Å². The smallest absolute Gasteiger partial charge is 0.317 e. The Hall–Kier alpha value is -2.63. The summed E-state index contributed by atoms with van der Waals surface area (Å²) >= 11 is 0. The molecule has 3 rings (SSSR count). The third-order valence-electron chi connectivity index (χ3n) is 4.82. The molecule has 0 aromatic heterocycles. The van der Waals surface area contributed by atoms with Crippen molar-refractivity contribution in [3.63, 3.8) is 0 Å². The van der Waals surface area contributed by atoms with E-state index in [-0.39, 0.29) is 5.56 Å². The van der Waals surface area contributed by atoms with Gasteiger partial charge in [-0.25, -0.2) is 13.2 Å². The molecule has 1 aliphatic carbocycles. The van der Waals surface area contributed by atoms with Crippen LogP contribution in [0, 0.1) is 17.5 Å². The lowest BCUT2D eigenvalue weighted by Gasteiger charge is -2.27. The van der Waals surface area contributed by atoms with Crippen LogP contribution in [0.5, 0.6) is 0 Å². The fraction of sp³-hybridized carbons (Fsp3) is 0.300. The first-order chi connectivity index (χ1) is 12.4. The van der Waals surface area contributed by atoms with E-state index in [9.17, 15) is 22.8 Å². The monoisotopic (exact) mass is 362 g/mol. The maximum absolute atomic E-state index is 13.2. The SMILES string of the molecule is O=C(COC(=O)C1(c2ccc(F)cc2)CCCC1)c1ccc(F)c(F)c1. The Morgan fingerprint density at radius 3 is 2.19 bits per heavy atom. The lowest BCUT2D eigenvalue weighted by molar-refractivity contribution is -0.149. The normalized spacial score (nSPS) is 15.7. The number of halogens is 3. The minimum Gasteiger partial charge on any atom is -0.457 e. The number of ether oxygens (including phenoxy) is 1. The molecule has 1 fully saturated rings. The molecule has 0 N–H and O–H groups in total. The van der Waals surface area contributed by atoms with Gasteiger partial charge in [-0.05, 0) is 48.7 Å². The summed E-state index contributed by atoms with van der Waals surface area (Å²) in [6, 6.07) is 8.44. The Morgan fingerprint density at radius 1 is 0.923 bits per heavy atom. The molecule has 0 aliphatic heterocycles. The van der Waals surface area contributed by atoms with Crippen LogP contribution in [0.3, 0.4) is 0 Å². The summed E-state index contributed by atoms with van der Waals surface area (Å²) in [5.41, 5.74) is -0.317. The minimum atomic E-state index is -1.14. The van der Waals surface area contributed by atoms with E-state index in [0.717, 1.165) is 31.0 Å². The van der Waals surface area contributed by atoms with E-state index in [4.69, 9.17) is 4.74 Å². The van der Waals surface area contributed by atoms with Crippen molar-refractivity contribution in [2.24, 2.45) is 0 Å². The van der Waals surface area contributed by atoms with Gasteiger partial charge in [-0.1, -0.05) is 25.0 Å². The Bertz CT molecular complexity index is 825. The number of carbonyl (C=O) groups excluding carboxylic acids is 2. The lowest BCUT2D eigenvalue weighted by atomic mass is 9.79. The molecule has 1 saturated carbocycles. The molecule has 0 bridgehead atoms. The highest BCUT2D eigenvalue weighted by molar-refractivity contribution is 5.98. The molecule has 0 saturated heterocycles. The fourth-order valence-corrected chi connectivity index (χ4v) is 3.38. The Balaban J connectivity index is 1.73. The third kappa shape index (κ3) is 3.49. The van der Waals surface area contributed by atoms with Gasteiger partial charge in [0.15, 0.2) is 24.0 Å². The summed E-state index contributed by atoms with van der Waals surface area (Å²) in [4.78, 5) is 24.8. The van der Waals surface area contributed by atoms with Crippen LogP contribution >= 0.6 is 0 Å². The van der Waals surface area contributed by atoms with Crippen molar-refractivity contribution in [2.75, 3.05) is 6.61 Å². The number of hydrogen-bond acceptors (Lipinski definition) is 3. The van der Waals surface area contributed by atoms with Crippen LogP contribution in [-0.2, 0) is 14.9 Å². The van der Waals surface area contributed by atoms with Crippen molar-refractivity contribution in [3.05, 3.63) is 71.0 Å². The number of rotatable bonds is 5. The van der Waals surface area contributed by atoms with Crippen LogP contribution in [0.15, 0.2) is 42.5 Å². The highest BCUT2D eigenvalue weighted by atomic mass is 19.2. The van der Waals surface area contributed by atoms with Gasteiger partial charge in [-0.3, -0.25) is 9.59 Å². The predicted octanol–water partition coefficient (Wildman–Crippen LogP) is 4.34. The number of esters is 1. The average molecular weight is 362 g/mol. The van der Waals surface area contributed by atoms with Crippen molar-refractivity contribution in [2.45, 2.75) is 31.1 Å². The van der Waals surface area contributed by atoms with E-state index in [0.29, 0.717) is 18.4 Å². The van der Waals surface area contributed by atoms with Gasteiger partial charge in [-0.2, -0.15) is 0 Å². The fourth-order valence-electron chi connectivity index (χ4n) is 3.38. The second-order valence-corrected chi connectivity index (χ2v) is 6.42. The van der Waals surface area contributed by atoms with Crippen molar-refractivity contribution < 1.29 is 27.5 Å². The summed E-state index contributed by atoms with van der Waals surface area (Å²) in [5, 5.41) is 0. The molecular weight excluding hydrogens is 345 g/mol. The summed E-state index contributed by atoms with van der Waals surface area (Å²) in [6.07, 6.45) is 2.75. The molecule has 3 nitrogen and oxygen atoms in total.